The Kier molecular flexibility index (Phi) is 4.22. The van der Waals surface area contributed by atoms with Crippen LogP contribution in [0.1, 0.15) is 26.9 Å². The summed E-state index contributed by atoms with van der Waals surface area (Å²) in [5.41, 5.74) is 1.89. The minimum absolute atomic E-state index is 0.122. The Balaban J connectivity index is 2.42. The van der Waals surface area contributed by atoms with Gasteiger partial charge in [-0.25, -0.2) is 4.39 Å². The number of hydrogen-bond donors (Lipinski definition) is 1. The third-order valence-corrected chi connectivity index (χ3v) is 4.49. The maximum absolute atomic E-state index is 14.2. The molecular formula is C15H18FNOS. The van der Waals surface area contributed by atoms with Gasteiger partial charge in [0.2, 0.25) is 0 Å². The third-order valence-electron chi connectivity index (χ3n) is 3.28. The van der Waals surface area contributed by atoms with E-state index in [0.717, 1.165) is 4.88 Å². The molecule has 1 N–H and O–H groups in total. The number of aryl methyl sites for hydroxylation is 2. The molecule has 1 aromatic carbocycles. The molecule has 102 valence electrons. The second-order valence-electron chi connectivity index (χ2n) is 4.50. The van der Waals surface area contributed by atoms with Crippen LogP contribution >= 0.6 is 11.3 Å². The van der Waals surface area contributed by atoms with Gasteiger partial charge in [-0.2, -0.15) is 0 Å². The van der Waals surface area contributed by atoms with Gasteiger partial charge in [-0.15, -0.1) is 11.3 Å². The highest BCUT2D eigenvalue weighted by Crippen LogP contribution is 2.32. The minimum Gasteiger partial charge on any atom is -0.497 e. The van der Waals surface area contributed by atoms with E-state index in [-0.39, 0.29) is 11.9 Å². The van der Waals surface area contributed by atoms with Crippen molar-refractivity contribution in [3.63, 3.8) is 0 Å². The molecule has 1 aromatic heterocycles. The number of methoxy groups -OCH3 is 1. The Bertz CT molecular complexity index is 560. The largest absolute Gasteiger partial charge is 0.497 e. The molecule has 1 atom stereocenters. The Morgan fingerprint density at radius 3 is 2.47 bits per heavy atom. The van der Waals surface area contributed by atoms with Gasteiger partial charge in [-0.3, -0.25) is 0 Å². The van der Waals surface area contributed by atoms with Crippen LogP contribution in [0.3, 0.4) is 0 Å². The van der Waals surface area contributed by atoms with E-state index in [1.807, 2.05) is 7.05 Å². The van der Waals surface area contributed by atoms with Crippen molar-refractivity contribution < 1.29 is 9.13 Å². The summed E-state index contributed by atoms with van der Waals surface area (Å²) in [6.45, 7) is 4.16. The maximum Gasteiger partial charge on any atom is 0.132 e. The molecule has 0 aliphatic carbocycles. The number of hydrogen-bond acceptors (Lipinski definition) is 3. The fourth-order valence-electron chi connectivity index (χ4n) is 2.06. The number of thiophene rings is 1. The fourth-order valence-corrected chi connectivity index (χ4v) is 3.24. The van der Waals surface area contributed by atoms with E-state index >= 15 is 0 Å². The van der Waals surface area contributed by atoms with E-state index in [4.69, 9.17) is 4.74 Å². The van der Waals surface area contributed by atoms with Crippen LogP contribution in [0.15, 0.2) is 24.3 Å². The maximum atomic E-state index is 14.2. The summed E-state index contributed by atoms with van der Waals surface area (Å²) in [7, 11) is 3.38. The molecule has 0 saturated carbocycles. The highest BCUT2D eigenvalue weighted by Gasteiger charge is 2.19. The first-order valence-corrected chi connectivity index (χ1v) is 6.96. The standard InChI is InChI=1S/C15H18FNOS/c1-9-7-14(19-10(9)2)15(17-3)12-6-5-11(18-4)8-13(12)16/h5-8,15,17H,1-4H3. The Hall–Kier alpha value is -1.39. The van der Waals surface area contributed by atoms with Crippen LogP contribution in [0.25, 0.3) is 0 Å². The molecule has 0 aliphatic heterocycles. The van der Waals surface area contributed by atoms with Crippen molar-refractivity contribution in [3.05, 3.63) is 51.0 Å². The predicted molar refractivity (Wildman–Crippen MR) is 77.6 cm³/mol. The van der Waals surface area contributed by atoms with Gasteiger partial charge in [-0.05, 0) is 38.6 Å². The van der Waals surface area contributed by atoms with Crippen LogP contribution in [0, 0.1) is 19.7 Å². The molecule has 0 saturated heterocycles. The van der Waals surface area contributed by atoms with Crippen LogP contribution in [0.2, 0.25) is 0 Å². The van der Waals surface area contributed by atoms with E-state index in [1.165, 1.54) is 23.6 Å². The van der Waals surface area contributed by atoms with Crippen LogP contribution in [-0.4, -0.2) is 14.2 Å². The van der Waals surface area contributed by atoms with Crippen molar-refractivity contribution in [1.82, 2.24) is 5.32 Å². The lowest BCUT2D eigenvalue weighted by Gasteiger charge is -2.16. The molecule has 0 aliphatic rings. The molecule has 0 bridgehead atoms. The Labute approximate surface area is 117 Å². The van der Waals surface area contributed by atoms with Gasteiger partial charge in [0.1, 0.15) is 11.6 Å². The van der Waals surface area contributed by atoms with E-state index < -0.39 is 0 Å². The van der Waals surface area contributed by atoms with Crippen molar-refractivity contribution >= 4 is 11.3 Å². The van der Waals surface area contributed by atoms with Crippen molar-refractivity contribution in [2.24, 2.45) is 0 Å². The van der Waals surface area contributed by atoms with Gasteiger partial charge in [0, 0.05) is 21.4 Å². The van der Waals surface area contributed by atoms with Crippen LogP contribution in [0.4, 0.5) is 4.39 Å². The average molecular weight is 279 g/mol. The van der Waals surface area contributed by atoms with Crippen LogP contribution in [-0.2, 0) is 0 Å². The summed E-state index contributed by atoms with van der Waals surface area (Å²) in [5.74, 6) is 0.289. The SMILES string of the molecule is CNC(c1cc(C)c(C)s1)c1ccc(OC)cc1F. The first kappa shape index (κ1) is 14.0. The van der Waals surface area contributed by atoms with E-state index in [0.29, 0.717) is 11.3 Å². The topological polar surface area (TPSA) is 21.3 Å². The van der Waals surface area contributed by atoms with Gasteiger partial charge in [0.05, 0.1) is 13.2 Å². The summed E-state index contributed by atoms with van der Waals surface area (Å²) >= 11 is 1.70. The molecule has 0 radical (unpaired) electrons. The monoisotopic (exact) mass is 279 g/mol. The predicted octanol–water partition coefficient (Wildman–Crippen LogP) is 3.82. The summed E-state index contributed by atoms with van der Waals surface area (Å²) < 4.78 is 19.2. The van der Waals surface area contributed by atoms with Crippen molar-refractivity contribution in [2.75, 3.05) is 14.2 Å². The summed E-state index contributed by atoms with van der Waals surface area (Å²) in [5, 5.41) is 3.18. The third kappa shape index (κ3) is 2.80. The van der Waals surface area contributed by atoms with Gasteiger partial charge >= 0.3 is 0 Å². The van der Waals surface area contributed by atoms with Crippen LogP contribution < -0.4 is 10.1 Å². The number of benzene rings is 1. The molecule has 2 aromatic rings. The van der Waals surface area contributed by atoms with E-state index in [2.05, 4.69) is 25.2 Å². The lowest BCUT2D eigenvalue weighted by atomic mass is 10.0. The highest BCUT2D eigenvalue weighted by molar-refractivity contribution is 7.12. The zero-order chi connectivity index (χ0) is 14.0. The first-order chi connectivity index (χ1) is 9.06. The number of rotatable bonds is 4. The lowest BCUT2D eigenvalue weighted by molar-refractivity contribution is 0.410. The van der Waals surface area contributed by atoms with Gasteiger partial charge in [0.25, 0.3) is 0 Å². The molecule has 0 fully saturated rings. The first-order valence-electron chi connectivity index (χ1n) is 6.14. The second kappa shape index (κ2) is 5.72. The van der Waals surface area contributed by atoms with Gasteiger partial charge in [-0.1, -0.05) is 6.07 Å². The summed E-state index contributed by atoms with van der Waals surface area (Å²) in [6, 6.07) is 6.98. The number of halogens is 1. The Morgan fingerprint density at radius 1 is 1.26 bits per heavy atom. The molecule has 2 nitrogen and oxygen atoms in total. The average Bonchev–Trinajstić information content (AvgIpc) is 2.72. The molecule has 2 rings (SSSR count). The molecule has 4 heteroatoms. The Morgan fingerprint density at radius 2 is 2.00 bits per heavy atom. The van der Waals surface area contributed by atoms with Crippen molar-refractivity contribution in [2.45, 2.75) is 19.9 Å². The fraction of sp³-hybridized carbons (Fsp3) is 0.333. The zero-order valence-corrected chi connectivity index (χ0v) is 12.4. The zero-order valence-electron chi connectivity index (χ0n) is 11.6. The number of ether oxygens (including phenoxy) is 1. The summed E-state index contributed by atoms with van der Waals surface area (Å²) in [6.07, 6.45) is 0. The smallest absolute Gasteiger partial charge is 0.132 e. The molecule has 0 spiro atoms. The molecule has 1 unspecified atom stereocenters. The normalized spacial score (nSPS) is 12.5. The quantitative estimate of drug-likeness (QED) is 0.918. The van der Waals surface area contributed by atoms with Gasteiger partial charge < -0.3 is 10.1 Å². The van der Waals surface area contributed by atoms with E-state index in [1.54, 1.807) is 23.5 Å². The van der Waals surface area contributed by atoms with Crippen LogP contribution in [0.5, 0.6) is 5.75 Å². The summed E-state index contributed by atoms with van der Waals surface area (Å²) in [4.78, 5) is 2.39. The molecular weight excluding hydrogens is 261 g/mol. The lowest BCUT2D eigenvalue weighted by Crippen LogP contribution is -2.17. The second-order valence-corrected chi connectivity index (χ2v) is 5.78. The van der Waals surface area contributed by atoms with Gasteiger partial charge in [0.15, 0.2) is 0 Å². The molecule has 19 heavy (non-hydrogen) atoms. The van der Waals surface area contributed by atoms with E-state index in [9.17, 15) is 4.39 Å². The van der Waals surface area contributed by atoms with Crippen molar-refractivity contribution in [3.8, 4) is 5.75 Å². The minimum atomic E-state index is -0.248. The molecule has 0 amide bonds. The highest BCUT2D eigenvalue weighted by atomic mass is 32.1. The molecule has 1 heterocycles. The number of nitrogens with one attached hydrogen (secondary N) is 1. The van der Waals surface area contributed by atoms with Crippen molar-refractivity contribution in [1.29, 1.82) is 0 Å².